The van der Waals surface area contributed by atoms with Gasteiger partial charge < -0.3 is 4.74 Å². The zero-order valence-corrected chi connectivity index (χ0v) is 13.9. The summed E-state index contributed by atoms with van der Waals surface area (Å²) in [5.41, 5.74) is 1.77. The molecule has 1 heteroatoms. The van der Waals surface area contributed by atoms with Crippen LogP contribution in [0.5, 0.6) is 5.75 Å². The normalized spacial score (nSPS) is 13.5. The van der Waals surface area contributed by atoms with Crippen LogP contribution in [0, 0.1) is 5.41 Å². The lowest BCUT2D eigenvalue weighted by atomic mass is 9.72. The van der Waals surface area contributed by atoms with Crippen molar-refractivity contribution in [3.63, 3.8) is 0 Å². The van der Waals surface area contributed by atoms with Crippen LogP contribution >= 0.6 is 0 Å². The van der Waals surface area contributed by atoms with Gasteiger partial charge in [0.15, 0.2) is 0 Å². The molecule has 0 aliphatic rings. The fraction of sp³-hybridized carbons (Fsp3) is 0.667. The number of benzene rings is 1. The first-order valence-electron chi connectivity index (χ1n) is 7.19. The summed E-state index contributed by atoms with van der Waals surface area (Å²) in [5, 5.41) is 0. The van der Waals surface area contributed by atoms with E-state index >= 15 is 0 Å². The summed E-state index contributed by atoms with van der Waals surface area (Å²) in [4.78, 5) is 0. The molecule has 0 amide bonds. The Labute approximate surface area is 119 Å². The quantitative estimate of drug-likeness (QED) is 0.691. The fourth-order valence-electron chi connectivity index (χ4n) is 2.76. The van der Waals surface area contributed by atoms with Crippen LogP contribution in [-0.4, -0.2) is 5.60 Å². The van der Waals surface area contributed by atoms with E-state index in [2.05, 4.69) is 79.7 Å². The monoisotopic (exact) mass is 262 g/mol. The van der Waals surface area contributed by atoms with Crippen molar-refractivity contribution >= 4 is 0 Å². The minimum absolute atomic E-state index is 0.136. The molecule has 108 valence electrons. The number of rotatable bonds is 3. The predicted molar refractivity (Wildman–Crippen MR) is 83.9 cm³/mol. The molecule has 19 heavy (non-hydrogen) atoms. The standard InChI is InChI=1S/C18H30O/c1-16(2,3)13-18(7,8)14-9-11-15(12-10-14)19-17(4,5)6/h9-12H,13H2,1-8H3. The van der Waals surface area contributed by atoms with Crippen molar-refractivity contribution in [1.29, 1.82) is 0 Å². The molecule has 0 bridgehead atoms. The SMILES string of the molecule is CC(C)(C)CC(C)(C)c1ccc(OC(C)(C)C)cc1. The maximum Gasteiger partial charge on any atom is 0.120 e. The van der Waals surface area contributed by atoms with Crippen molar-refractivity contribution in [2.24, 2.45) is 5.41 Å². The second kappa shape index (κ2) is 5.19. The molecule has 0 N–H and O–H groups in total. The van der Waals surface area contributed by atoms with E-state index in [1.54, 1.807) is 0 Å². The topological polar surface area (TPSA) is 9.23 Å². The average Bonchev–Trinajstić information content (AvgIpc) is 2.11. The lowest BCUT2D eigenvalue weighted by Gasteiger charge is -2.33. The van der Waals surface area contributed by atoms with Gasteiger partial charge in [-0.1, -0.05) is 46.8 Å². The Kier molecular flexibility index (Phi) is 4.39. The van der Waals surface area contributed by atoms with Crippen LogP contribution in [-0.2, 0) is 5.41 Å². The van der Waals surface area contributed by atoms with Crippen molar-refractivity contribution in [3.8, 4) is 5.75 Å². The molecule has 0 atom stereocenters. The molecule has 1 nitrogen and oxygen atoms in total. The minimum atomic E-state index is -0.136. The first-order valence-corrected chi connectivity index (χ1v) is 7.19. The summed E-state index contributed by atoms with van der Waals surface area (Å²) in [5.74, 6) is 0.947. The fourth-order valence-corrected chi connectivity index (χ4v) is 2.76. The Morgan fingerprint density at radius 2 is 1.26 bits per heavy atom. The smallest absolute Gasteiger partial charge is 0.120 e. The van der Waals surface area contributed by atoms with Crippen molar-refractivity contribution in [2.45, 2.75) is 72.8 Å². The highest BCUT2D eigenvalue weighted by Gasteiger charge is 2.27. The third-order valence-corrected chi connectivity index (χ3v) is 3.03. The molecule has 1 rings (SSSR count). The molecule has 0 heterocycles. The van der Waals surface area contributed by atoms with Crippen LogP contribution in [0.1, 0.15) is 67.4 Å². The summed E-state index contributed by atoms with van der Waals surface area (Å²) >= 11 is 0. The van der Waals surface area contributed by atoms with Gasteiger partial charge in [-0.2, -0.15) is 0 Å². The van der Waals surface area contributed by atoms with Gasteiger partial charge in [-0.15, -0.1) is 0 Å². The van der Waals surface area contributed by atoms with Crippen molar-refractivity contribution in [3.05, 3.63) is 29.8 Å². The lowest BCUT2D eigenvalue weighted by molar-refractivity contribution is 0.131. The summed E-state index contributed by atoms with van der Waals surface area (Å²) < 4.78 is 5.87. The van der Waals surface area contributed by atoms with E-state index in [0.29, 0.717) is 5.41 Å². The van der Waals surface area contributed by atoms with Crippen LogP contribution in [0.4, 0.5) is 0 Å². The van der Waals surface area contributed by atoms with E-state index in [1.165, 1.54) is 12.0 Å². The largest absolute Gasteiger partial charge is 0.488 e. The summed E-state index contributed by atoms with van der Waals surface area (Å²) in [6, 6.07) is 8.58. The van der Waals surface area contributed by atoms with Gasteiger partial charge in [-0.05, 0) is 55.7 Å². The van der Waals surface area contributed by atoms with Gasteiger partial charge in [0.05, 0.1) is 0 Å². The van der Waals surface area contributed by atoms with Crippen LogP contribution < -0.4 is 4.74 Å². The van der Waals surface area contributed by atoms with Crippen molar-refractivity contribution in [2.75, 3.05) is 0 Å². The summed E-state index contributed by atoms with van der Waals surface area (Å²) in [6.07, 6.45) is 1.17. The van der Waals surface area contributed by atoms with E-state index in [0.717, 1.165) is 5.75 Å². The molecular weight excluding hydrogens is 232 g/mol. The Hall–Kier alpha value is -0.980. The van der Waals surface area contributed by atoms with Gasteiger partial charge >= 0.3 is 0 Å². The van der Waals surface area contributed by atoms with Gasteiger partial charge in [-0.25, -0.2) is 0 Å². The summed E-state index contributed by atoms with van der Waals surface area (Å²) in [7, 11) is 0. The molecular formula is C18H30O. The number of hydrogen-bond donors (Lipinski definition) is 0. The number of hydrogen-bond acceptors (Lipinski definition) is 1. The zero-order valence-electron chi connectivity index (χ0n) is 13.9. The molecule has 1 aromatic rings. The molecule has 0 saturated heterocycles. The molecule has 0 fully saturated rings. The Balaban J connectivity index is 2.86. The maximum absolute atomic E-state index is 5.87. The van der Waals surface area contributed by atoms with Gasteiger partial charge in [-0.3, -0.25) is 0 Å². The Morgan fingerprint density at radius 3 is 1.63 bits per heavy atom. The molecule has 0 unspecified atom stereocenters. The van der Waals surface area contributed by atoms with E-state index in [4.69, 9.17) is 4.74 Å². The highest BCUT2D eigenvalue weighted by atomic mass is 16.5. The van der Waals surface area contributed by atoms with E-state index in [9.17, 15) is 0 Å². The zero-order chi connectivity index (χ0) is 14.9. The second-order valence-corrected chi connectivity index (χ2v) is 8.36. The molecule has 0 aliphatic carbocycles. The van der Waals surface area contributed by atoms with Crippen LogP contribution in [0.2, 0.25) is 0 Å². The molecule has 0 radical (unpaired) electrons. The second-order valence-electron chi connectivity index (χ2n) is 8.36. The maximum atomic E-state index is 5.87. The Morgan fingerprint density at radius 1 is 0.789 bits per heavy atom. The van der Waals surface area contributed by atoms with Crippen LogP contribution in [0.15, 0.2) is 24.3 Å². The van der Waals surface area contributed by atoms with Crippen LogP contribution in [0.3, 0.4) is 0 Å². The first-order chi connectivity index (χ1) is 8.39. The Bertz CT molecular complexity index is 399. The summed E-state index contributed by atoms with van der Waals surface area (Å²) in [6.45, 7) is 17.7. The number of ether oxygens (including phenoxy) is 1. The minimum Gasteiger partial charge on any atom is -0.488 e. The predicted octanol–water partition coefficient (Wildman–Crippen LogP) is 5.58. The van der Waals surface area contributed by atoms with Gasteiger partial charge in [0.2, 0.25) is 0 Å². The van der Waals surface area contributed by atoms with E-state index in [-0.39, 0.29) is 11.0 Å². The highest BCUT2D eigenvalue weighted by molar-refractivity contribution is 5.32. The van der Waals surface area contributed by atoms with Crippen molar-refractivity contribution < 1.29 is 4.74 Å². The van der Waals surface area contributed by atoms with E-state index in [1.807, 2.05) is 0 Å². The third kappa shape index (κ3) is 5.67. The van der Waals surface area contributed by atoms with Crippen LogP contribution in [0.25, 0.3) is 0 Å². The van der Waals surface area contributed by atoms with Gasteiger partial charge in [0, 0.05) is 0 Å². The lowest BCUT2D eigenvalue weighted by Crippen LogP contribution is -2.25. The molecule has 0 saturated carbocycles. The highest BCUT2D eigenvalue weighted by Crippen LogP contribution is 2.36. The van der Waals surface area contributed by atoms with Gasteiger partial charge in [0.1, 0.15) is 11.4 Å². The average molecular weight is 262 g/mol. The molecule has 0 spiro atoms. The molecule has 0 aliphatic heterocycles. The molecule has 0 aromatic heterocycles. The third-order valence-electron chi connectivity index (χ3n) is 3.03. The van der Waals surface area contributed by atoms with Gasteiger partial charge in [0.25, 0.3) is 0 Å². The van der Waals surface area contributed by atoms with E-state index < -0.39 is 0 Å². The molecule has 1 aromatic carbocycles. The van der Waals surface area contributed by atoms with Crippen molar-refractivity contribution in [1.82, 2.24) is 0 Å². The first kappa shape index (κ1) is 16.1.